The van der Waals surface area contributed by atoms with Crippen LogP contribution >= 0.6 is 0 Å². The van der Waals surface area contributed by atoms with E-state index in [9.17, 15) is 14.7 Å². The molecule has 1 saturated heterocycles. The average molecular weight is 266 g/mol. The molecule has 3 N–H and O–H groups in total. The number of aliphatic hydroxyl groups excluding tert-OH is 1. The van der Waals surface area contributed by atoms with E-state index >= 15 is 0 Å². The van der Waals surface area contributed by atoms with E-state index in [1.54, 1.807) is 12.3 Å². The molecule has 8 heteroatoms. The number of carboxylic acids is 1. The van der Waals surface area contributed by atoms with Crippen molar-refractivity contribution in [1.29, 1.82) is 0 Å². The third-order valence-corrected chi connectivity index (χ3v) is 2.89. The maximum atomic E-state index is 11.9. The normalized spacial score (nSPS) is 22.3. The molecule has 2 heterocycles. The topological polar surface area (TPSA) is 116 Å². The highest BCUT2D eigenvalue weighted by atomic mass is 16.4. The SMILES string of the molecule is O=C(O)C1CC(O)CN1C(=O)NCc1ccncn1. The van der Waals surface area contributed by atoms with Crippen LogP contribution in [-0.2, 0) is 11.3 Å². The number of nitrogens with zero attached hydrogens (tertiary/aromatic N) is 3. The summed E-state index contributed by atoms with van der Waals surface area (Å²) in [5, 5.41) is 21.0. The number of urea groups is 1. The molecule has 8 nitrogen and oxygen atoms in total. The Morgan fingerprint density at radius 3 is 2.95 bits per heavy atom. The molecule has 0 spiro atoms. The second kappa shape index (κ2) is 5.61. The summed E-state index contributed by atoms with van der Waals surface area (Å²) in [7, 11) is 0. The zero-order chi connectivity index (χ0) is 13.8. The van der Waals surface area contributed by atoms with E-state index in [1.165, 1.54) is 6.33 Å². The summed E-state index contributed by atoms with van der Waals surface area (Å²) in [4.78, 5) is 31.7. The van der Waals surface area contributed by atoms with Gasteiger partial charge in [0.05, 0.1) is 18.3 Å². The minimum Gasteiger partial charge on any atom is -0.480 e. The van der Waals surface area contributed by atoms with Crippen molar-refractivity contribution in [3.63, 3.8) is 0 Å². The highest BCUT2D eigenvalue weighted by molar-refractivity contribution is 5.83. The molecule has 1 aliphatic heterocycles. The van der Waals surface area contributed by atoms with Gasteiger partial charge in [-0.05, 0) is 6.07 Å². The van der Waals surface area contributed by atoms with Gasteiger partial charge in [-0.25, -0.2) is 19.6 Å². The number of rotatable bonds is 3. The number of hydrogen-bond donors (Lipinski definition) is 3. The minimum absolute atomic E-state index is 0.0204. The number of aliphatic carboxylic acids is 1. The molecule has 2 rings (SSSR count). The summed E-state index contributed by atoms with van der Waals surface area (Å²) in [5.41, 5.74) is 0.620. The van der Waals surface area contributed by atoms with Crippen LogP contribution in [0.4, 0.5) is 4.79 Å². The predicted molar refractivity (Wildman–Crippen MR) is 63.0 cm³/mol. The van der Waals surface area contributed by atoms with Crippen molar-refractivity contribution in [3.05, 3.63) is 24.3 Å². The molecule has 1 aliphatic rings. The van der Waals surface area contributed by atoms with Gasteiger partial charge in [-0.3, -0.25) is 0 Å². The van der Waals surface area contributed by atoms with Crippen molar-refractivity contribution in [3.8, 4) is 0 Å². The van der Waals surface area contributed by atoms with Crippen LogP contribution in [0.5, 0.6) is 0 Å². The fraction of sp³-hybridized carbons (Fsp3) is 0.455. The lowest BCUT2D eigenvalue weighted by Crippen LogP contribution is -2.46. The number of nitrogens with one attached hydrogen (secondary N) is 1. The van der Waals surface area contributed by atoms with Crippen LogP contribution < -0.4 is 5.32 Å². The molecule has 19 heavy (non-hydrogen) atoms. The number of carbonyl (C=O) groups is 2. The van der Waals surface area contributed by atoms with Gasteiger partial charge in [-0.2, -0.15) is 0 Å². The molecule has 1 aromatic heterocycles. The van der Waals surface area contributed by atoms with Crippen LogP contribution in [-0.4, -0.2) is 55.8 Å². The summed E-state index contributed by atoms with van der Waals surface area (Å²) in [6, 6.07) is 0.135. The van der Waals surface area contributed by atoms with Crippen LogP contribution in [0.25, 0.3) is 0 Å². The van der Waals surface area contributed by atoms with Gasteiger partial charge < -0.3 is 20.4 Å². The molecule has 2 unspecified atom stereocenters. The molecule has 0 bridgehead atoms. The number of likely N-dealkylation sites (tertiary alicyclic amines) is 1. The van der Waals surface area contributed by atoms with Crippen molar-refractivity contribution >= 4 is 12.0 Å². The van der Waals surface area contributed by atoms with E-state index in [0.29, 0.717) is 5.69 Å². The number of β-amino-alcohol motifs (C(OH)–C–C–N with tert-alkyl or cyclic N) is 1. The van der Waals surface area contributed by atoms with Crippen LogP contribution in [0, 0.1) is 0 Å². The molecule has 1 aromatic rings. The molecular formula is C11H14N4O4. The Labute approximate surface area is 109 Å². The molecule has 0 saturated carbocycles. The third kappa shape index (κ3) is 3.16. The highest BCUT2D eigenvalue weighted by Gasteiger charge is 2.38. The van der Waals surface area contributed by atoms with Gasteiger partial charge >= 0.3 is 12.0 Å². The number of aromatic nitrogens is 2. The lowest BCUT2D eigenvalue weighted by atomic mass is 10.2. The lowest BCUT2D eigenvalue weighted by molar-refractivity contribution is -0.141. The van der Waals surface area contributed by atoms with Gasteiger partial charge in [0, 0.05) is 19.2 Å². The number of aliphatic hydroxyl groups is 1. The van der Waals surface area contributed by atoms with Gasteiger partial charge in [-0.1, -0.05) is 0 Å². The van der Waals surface area contributed by atoms with Crippen molar-refractivity contribution in [2.24, 2.45) is 0 Å². The molecule has 102 valence electrons. The van der Waals surface area contributed by atoms with Gasteiger partial charge in [0.25, 0.3) is 0 Å². The van der Waals surface area contributed by atoms with Gasteiger partial charge in [-0.15, -0.1) is 0 Å². The highest BCUT2D eigenvalue weighted by Crippen LogP contribution is 2.18. The van der Waals surface area contributed by atoms with E-state index in [1.807, 2.05) is 0 Å². The zero-order valence-electron chi connectivity index (χ0n) is 10.1. The van der Waals surface area contributed by atoms with Gasteiger partial charge in [0.2, 0.25) is 0 Å². The molecule has 0 radical (unpaired) electrons. The lowest BCUT2D eigenvalue weighted by Gasteiger charge is -2.21. The maximum absolute atomic E-state index is 11.9. The van der Waals surface area contributed by atoms with Crippen LogP contribution in [0.15, 0.2) is 18.6 Å². The van der Waals surface area contributed by atoms with E-state index in [-0.39, 0.29) is 19.5 Å². The first-order chi connectivity index (χ1) is 9.08. The van der Waals surface area contributed by atoms with E-state index in [0.717, 1.165) is 4.90 Å². The fourth-order valence-electron chi connectivity index (χ4n) is 1.96. The van der Waals surface area contributed by atoms with E-state index in [4.69, 9.17) is 5.11 Å². The Hall–Kier alpha value is -2.22. The second-order valence-electron chi connectivity index (χ2n) is 4.26. The first kappa shape index (κ1) is 13.2. The quantitative estimate of drug-likeness (QED) is 0.660. The van der Waals surface area contributed by atoms with E-state index < -0.39 is 24.1 Å². The Balaban J connectivity index is 1.94. The monoisotopic (exact) mass is 266 g/mol. The summed E-state index contributed by atoms with van der Waals surface area (Å²) in [6.45, 7) is 0.201. The van der Waals surface area contributed by atoms with Crippen molar-refractivity contribution in [2.75, 3.05) is 6.54 Å². The third-order valence-electron chi connectivity index (χ3n) is 2.89. The molecule has 2 amide bonds. The van der Waals surface area contributed by atoms with Crippen LogP contribution in [0.1, 0.15) is 12.1 Å². The fourth-order valence-corrected chi connectivity index (χ4v) is 1.96. The van der Waals surface area contributed by atoms with Crippen molar-refractivity contribution in [2.45, 2.75) is 25.1 Å². The Morgan fingerprint density at radius 2 is 2.32 bits per heavy atom. The first-order valence-electron chi connectivity index (χ1n) is 5.78. The molecule has 0 aliphatic carbocycles. The predicted octanol–water partition coefficient (Wildman–Crippen LogP) is -0.794. The molecule has 0 aromatic carbocycles. The Morgan fingerprint density at radius 1 is 1.53 bits per heavy atom. The van der Waals surface area contributed by atoms with Crippen molar-refractivity contribution < 1.29 is 19.8 Å². The maximum Gasteiger partial charge on any atom is 0.326 e. The largest absolute Gasteiger partial charge is 0.480 e. The number of carboxylic acid groups (broad SMARTS) is 1. The Kier molecular flexibility index (Phi) is 3.91. The van der Waals surface area contributed by atoms with Crippen molar-refractivity contribution in [1.82, 2.24) is 20.2 Å². The minimum atomic E-state index is -1.12. The average Bonchev–Trinajstić information content (AvgIpc) is 2.79. The standard InChI is InChI=1S/C11H14N4O4/c16-8-3-9(10(17)18)15(5-8)11(19)13-4-7-1-2-12-6-14-7/h1-2,6,8-9,16H,3-5H2,(H,13,19)(H,17,18). The smallest absolute Gasteiger partial charge is 0.326 e. The summed E-state index contributed by atoms with van der Waals surface area (Å²) < 4.78 is 0. The summed E-state index contributed by atoms with van der Waals surface area (Å²) in [5.74, 6) is -1.12. The second-order valence-corrected chi connectivity index (χ2v) is 4.26. The summed E-state index contributed by atoms with van der Waals surface area (Å²) >= 11 is 0. The zero-order valence-corrected chi connectivity index (χ0v) is 10.1. The molecular weight excluding hydrogens is 252 g/mol. The number of carbonyl (C=O) groups excluding carboxylic acids is 1. The summed E-state index contributed by atoms with van der Waals surface area (Å²) in [6.07, 6.45) is 2.16. The number of amides is 2. The molecule has 2 atom stereocenters. The first-order valence-corrected chi connectivity index (χ1v) is 5.78. The van der Waals surface area contributed by atoms with Crippen LogP contribution in [0.2, 0.25) is 0 Å². The van der Waals surface area contributed by atoms with E-state index in [2.05, 4.69) is 15.3 Å². The number of hydrogen-bond acceptors (Lipinski definition) is 5. The Bertz CT molecular complexity index is 467. The van der Waals surface area contributed by atoms with Gasteiger partial charge in [0.15, 0.2) is 0 Å². The van der Waals surface area contributed by atoms with Crippen LogP contribution in [0.3, 0.4) is 0 Å². The van der Waals surface area contributed by atoms with Gasteiger partial charge in [0.1, 0.15) is 12.4 Å². The molecule has 1 fully saturated rings.